The van der Waals surface area contributed by atoms with Crippen LogP contribution in [0.3, 0.4) is 0 Å². The van der Waals surface area contributed by atoms with Crippen molar-refractivity contribution in [2.24, 2.45) is 0 Å². The van der Waals surface area contributed by atoms with Crippen molar-refractivity contribution in [1.29, 1.82) is 0 Å². The predicted octanol–water partition coefficient (Wildman–Crippen LogP) is 2.74. The Morgan fingerprint density at radius 3 is 2.45 bits per heavy atom. The predicted molar refractivity (Wildman–Crippen MR) is 80.4 cm³/mol. The van der Waals surface area contributed by atoms with E-state index in [1.807, 2.05) is 27.7 Å². The van der Waals surface area contributed by atoms with Gasteiger partial charge in [0.15, 0.2) is 0 Å². The number of hydrogen-bond acceptors (Lipinski definition) is 4. The third-order valence-electron chi connectivity index (χ3n) is 3.88. The highest BCUT2D eigenvalue weighted by Crippen LogP contribution is 2.38. The summed E-state index contributed by atoms with van der Waals surface area (Å²) in [6, 6.07) is 1.78. The van der Waals surface area contributed by atoms with E-state index in [-0.39, 0.29) is 6.61 Å². The van der Waals surface area contributed by atoms with Crippen LogP contribution >= 0.6 is 11.6 Å². The Labute approximate surface area is 124 Å². The lowest BCUT2D eigenvalue weighted by atomic mass is 9.77. The number of halogens is 1. The Bertz CT molecular complexity index is 515. The zero-order chi connectivity index (χ0) is 15.0. The maximum absolute atomic E-state index is 9.59. The topological polar surface area (TPSA) is 51.6 Å². The summed E-state index contributed by atoms with van der Waals surface area (Å²) in [6.07, 6.45) is 5.00. The minimum atomic E-state index is -0.575. The highest BCUT2D eigenvalue weighted by Gasteiger charge is 2.52. The van der Waals surface area contributed by atoms with E-state index in [1.54, 1.807) is 24.5 Å². The molecule has 1 aliphatic rings. The average Bonchev–Trinajstić information content (AvgIpc) is 2.57. The quantitative estimate of drug-likeness (QED) is 0.871. The molecule has 1 saturated heterocycles. The first kappa shape index (κ1) is 15.5. The van der Waals surface area contributed by atoms with Crippen LogP contribution in [0.25, 0.3) is 6.08 Å². The Balaban J connectivity index is 2.29. The van der Waals surface area contributed by atoms with Crippen molar-refractivity contribution < 1.29 is 14.4 Å². The van der Waals surface area contributed by atoms with Crippen LogP contribution in [0.4, 0.5) is 0 Å². The van der Waals surface area contributed by atoms with E-state index in [9.17, 15) is 5.11 Å². The molecule has 1 N–H and O–H groups in total. The summed E-state index contributed by atoms with van der Waals surface area (Å²) in [7, 11) is -0.575. The fourth-order valence-electron chi connectivity index (χ4n) is 1.89. The van der Waals surface area contributed by atoms with Crippen molar-refractivity contribution in [1.82, 2.24) is 4.98 Å². The standard InChI is InChI=1S/C14H19BClNO3/c1-13(2)14(3,4)20-15(19-13)11(9-18)7-10-5-6-17-8-12(10)16/h5-8,18H,9H2,1-4H3. The summed E-state index contributed by atoms with van der Waals surface area (Å²) in [5.74, 6) is 0. The van der Waals surface area contributed by atoms with Crippen molar-refractivity contribution in [2.45, 2.75) is 38.9 Å². The number of nitrogens with zero attached hydrogens (tertiary/aromatic N) is 1. The van der Waals surface area contributed by atoms with Crippen LogP contribution in [-0.2, 0) is 9.31 Å². The molecular weight excluding hydrogens is 276 g/mol. The number of hydrogen-bond donors (Lipinski definition) is 1. The molecule has 2 heterocycles. The average molecular weight is 296 g/mol. The van der Waals surface area contributed by atoms with Gasteiger partial charge in [0, 0.05) is 12.4 Å². The first-order chi connectivity index (χ1) is 9.27. The maximum atomic E-state index is 9.59. The van der Waals surface area contributed by atoms with Crippen molar-refractivity contribution >= 4 is 24.8 Å². The van der Waals surface area contributed by atoms with E-state index in [1.165, 1.54) is 0 Å². The molecule has 108 valence electrons. The molecule has 0 spiro atoms. The first-order valence-electron chi connectivity index (χ1n) is 6.53. The molecule has 0 unspecified atom stereocenters. The van der Waals surface area contributed by atoms with Crippen LogP contribution < -0.4 is 0 Å². The minimum absolute atomic E-state index is 0.157. The summed E-state index contributed by atoms with van der Waals surface area (Å²) in [5, 5.41) is 10.1. The lowest BCUT2D eigenvalue weighted by Gasteiger charge is -2.32. The molecule has 0 saturated carbocycles. The van der Waals surface area contributed by atoms with Crippen molar-refractivity contribution in [3.63, 3.8) is 0 Å². The molecule has 1 aromatic heterocycles. The molecule has 1 fully saturated rings. The number of rotatable bonds is 3. The summed E-state index contributed by atoms with van der Waals surface area (Å²) in [6.45, 7) is 7.74. The van der Waals surface area contributed by atoms with Gasteiger partial charge in [0.25, 0.3) is 0 Å². The zero-order valence-corrected chi connectivity index (χ0v) is 12.9. The van der Waals surface area contributed by atoms with Crippen LogP contribution in [0.5, 0.6) is 0 Å². The minimum Gasteiger partial charge on any atom is -0.400 e. The summed E-state index contributed by atoms with van der Waals surface area (Å²) >= 11 is 6.07. The van der Waals surface area contributed by atoms with Crippen molar-refractivity contribution in [2.75, 3.05) is 6.61 Å². The van der Waals surface area contributed by atoms with Crippen molar-refractivity contribution in [3.05, 3.63) is 34.5 Å². The van der Waals surface area contributed by atoms with Crippen LogP contribution in [0, 0.1) is 0 Å². The smallest absolute Gasteiger partial charge is 0.400 e. The second-order valence-corrected chi connectivity index (χ2v) is 6.27. The summed E-state index contributed by atoms with van der Waals surface area (Å²) < 4.78 is 11.8. The SMILES string of the molecule is CC1(C)OB(C(=Cc2ccncc2Cl)CO)OC1(C)C. The van der Waals surface area contributed by atoms with E-state index in [0.29, 0.717) is 10.5 Å². The molecule has 4 nitrogen and oxygen atoms in total. The third kappa shape index (κ3) is 2.91. The van der Waals surface area contributed by atoms with E-state index < -0.39 is 18.3 Å². The Morgan fingerprint density at radius 1 is 1.35 bits per heavy atom. The van der Waals surface area contributed by atoms with Gasteiger partial charge in [-0.2, -0.15) is 0 Å². The first-order valence-corrected chi connectivity index (χ1v) is 6.91. The normalized spacial score (nSPS) is 21.3. The summed E-state index contributed by atoms with van der Waals surface area (Å²) in [4.78, 5) is 3.94. The van der Waals surface area contributed by atoms with E-state index in [2.05, 4.69) is 4.98 Å². The highest BCUT2D eigenvalue weighted by molar-refractivity contribution is 6.56. The van der Waals surface area contributed by atoms with Gasteiger partial charge in [-0.1, -0.05) is 17.7 Å². The van der Waals surface area contributed by atoms with Crippen LogP contribution in [-0.4, -0.2) is 35.0 Å². The van der Waals surface area contributed by atoms with Gasteiger partial charge < -0.3 is 14.4 Å². The van der Waals surface area contributed by atoms with E-state index in [4.69, 9.17) is 20.9 Å². The third-order valence-corrected chi connectivity index (χ3v) is 4.20. The van der Waals surface area contributed by atoms with Gasteiger partial charge in [0.2, 0.25) is 0 Å². The maximum Gasteiger partial charge on any atom is 0.492 e. The Hall–Kier alpha value is -0.875. The largest absolute Gasteiger partial charge is 0.492 e. The number of pyridine rings is 1. The van der Waals surface area contributed by atoms with Crippen LogP contribution in [0.15, 0.2) is 23.9 Å². The molecule has 0 aliphatic carbocycles. The molecule has 0 aromatic carbocycles. The second-order valence-electron chi connectivity index (χ2n) is 5.86. The van der Waals surface area contributed by atoms with E-state index in [0.717, 1.165) is 5.56 Å². The molecule has 6 heteroatoms. The molecule has 0 amide bonds. The lowest BCUT2D eigenvalue weighted by molar-refractivity contribution is 0.00578. The zero-order valence-electron chi connectivity index (χ0n) is 12.2. The van der Waals surface area contributed by atoms with Gasteiger partial charge in [-0.3, -0.25) is 4.98 Å². The number of aliphatic hydroxyl groups is 1. The highest BCUT2D eigenvalue weighted by atomic mass is 35.5. The van der Waals surface area contributed by atoms with Crippen LogP contribution in [0.2, 0.25) is 5.02 Å². The van der Waals surface area contributed by atoms with Gasteiger partial charge in [-0.25, -0.2) is 0 Å². The molecular formula is C14H19BClNO3. The molecule has 0 bridgehead atoms. The molecule has 20 heavy (non-hydrogen) atoms. The number of aromatic nitrogens is 1. The lowest BCUT2D eigenvalue weighted by Crippen LogP contribution is -2.41. The molecule has 0 radical (unpaired) electrons. The van der Waals surface area contributed by atoms with Gasteiger partial charge in [-0.15, -0.1) is 0 Å². The van der Waals surface area contributed by atoms with Gasteiger partial charge in [0.1, 0.15) is 0 Å². The second kappa shape index (κ2) is 5.49. The van der Waals surface area contributed by atoms with Crippen molar-refractivity contribution in [3.8, 4) is 0 Å². The monoisotopic (exact) mass is 295 g/mol. The number of aliphatic hydroxyl groups excluding tert-OH is 1. The molecule has 1 aromatic rings. The molecule has 0 atom stereocenters. The Morgan fingerprint density at radius 2 is 1.95 bits per heavy atom. The Kier molecular flexibility index (Phi) is 4.26. The van der Waals surface area contributed by atoms with Crippen LogP contribution in [0.1, 0.15) is 33.3 Å². The molecule has 2 rings (SSSR count). The fraction of sp³-hybridized carbons (Fsp3) is 0.500. The molecule has 1 aliphatic heterocycles. The van der Waals surface area contributed by atoms with Gasteiger partial charge in [-0.05, 0) is 44.8 Å². The van der Waals surface area contributed by atoms with Gasteiger partial charge in [0.05, 0.1) is 22.8 Å². The fourth-order valence-corrected chi connectivity index (χ4v) is 2.06. The van der Waals surface area contributed by atoms with E-state index >= 15 is 0 Å². The van der Waals surface area contributed by atoms with Gasteiger partial charge >= 0.3 is 7.12 Å². The summed E-state index contributed by atoms with van der Waals surface area (Å²) in [5.41, 5.74) is 0.541.